The standard InChI is InChI=1S/C9H18N2O5/c1-2-3-11(4-5-12)9(16)10-6-7(13)8(14)15/h7,12-13H,2-6H2,1H3,(H,10,16)(H,14,15)/t7-/m0/s1. The molecule has 0 aliphatic heterocycles. The molecule has 0 bridgehead atoms. The highest BCUT2D eigenvalue weighted by molar-refractivity contribution is 5.76. The number of nitrogens with one attached hydrogen (secondary N) is 1. The molecule has 0 rings (SSSR count). The summed E-state index contributed by atoms with van der Waals surface area (Å²) in [5.74, 6) is -1.38. The fourth-order valence-electron chi connectivity index (χ4n) is 1.09. The van der Waals surface area contributed by atoms with Gasteiger partial charge in [0.2, 0.25) is 0 Å². The molecule has 7 heteroatoms. The molecule has 0 aromatic carbocycles. The third-order valence-corrected chi connectivity index (χ3v) is 1.88. The Hall–Kier alpha value is -1.34. The smallest absolute Gasteiger partial charge is 0.334 e. The SMILES string of the molecule is CCCN(CCO)C(=O)NC[C@H](O)C(=O)O. The van der Waals surface area contributed by atoms with Gasteiger partial charge in [0.25, 0.3) is 0 Å². The van der Waals surface area contributed by atoms with E-state index in [1.54, 1.807) is 0 Å². The molecule has 0 saturated heterocycles. The first-order valence-corrected chi connectivity index (χ1v) is 5.07. The zero-order chi connectivity index (χ0) is 12.6. The Kier molecular flexibility index (Phi) is 7.23. The van der Waals surface area contributed by atoms with Crippen LogP contribution in [0.3, 0.4) is 0 Å². The van der Waals surface area contributed by atoms with Gasteiger partial charge in [0, 0.05) is 13.1 Å². The van der Waals surface area contributed by atoms with Gasteiger partial charge in [-0.3, -0.25) is 0 Å². The molecule has 0 fully saturated rings. The van der Waals surface area contributed by atoms with Crippen LogP contribution < -0.4 is 5.32 Å². The van der Waals surface area contributed by atoms with Crippen molar-refractivity contribution in [1.29, 1.82) is 0 Å². The highest BCUT2D eigenvalue weighted by Crippen LogP contribution is 1.92. The van der Waals surface area contributed by atoms with Gasteiger partial charge < -0.3 is 25.5 Å². The number of rotatable bonds is 7. The molecule has 0 heterocycles. The van der Waals surface area contributed by atoms with Gasteiger partial charge in [-0.1, -0.05) is 6.92 Å². The minimum atomic E-state index is -1.61. The molecule has 16 heavy (non-hydrogen) atoms. The molecule has 94 valence electrons. The Morgan fingerprint density at radius 2 is 2.00 bits per heavy atom. The van der Waals surface area contributed by atoms with E-state index in [4.69, 9.17) is 15.3 Å². The molecule has 0 radical (unpaired) electrons. The largest absolute Gasteiger partial charge is 0.479 e. The molecule has 0 aromatic heterocycles. The number of aliphatic carboxylic acids is 1. The van der Waals surface area contributed by atoms with E-state index >= 15 is 0 Å². The monoisotopic (exact) mass is 234 g/mol. The predicted octanol–water partition coefficient (Wildman–Crippen LogP) is -1.15. The van der Waals surface area contributed by atoms with Crippen LogP contribution in [-0.2, 0) is 4.79 Å². The molecule has 0 unspecified atom stereocenters. The topological polar surface area (TPSA) is 110 Å². The quantitative estimate of drug-likeness (QED) is 0.444. The van der Waals surface area contributed by atoms with Gasteiger partial charge in [0.1, 0.15) is 0 Å². The Balaban J connectivity index is 4.04. The third kappa shape index (κ3) is 5.52. The Labute approximate surface area is 93.7 Å². The maximum absolute atomic E-state index is 11.4. The number of aliphatic hydroxyl groups excluding tert-OH is 2. The van der Waals surface area contributed by atoms with E-state index in [1.807, 2.05) is 6.92 Å². The number of carboxylic acid groups (broad SMARTS) is 1. The Morgan fingerprint density at radius 1 is 1.38 bits per heavy atom. The minimum absolute atomic E-state index is 0.158. The lowest BCUT2D eigenvalue weighted by Crippen LogP contribution is -2.45. The first-order valence-electron chi connectivity index (χ1n) is 5.07. The molecule has 0 saturated carbocycles. The van der Waals surface area contributed by atoms with E-state index < -0.39 is 18.1 Å². The van der Waals surface area contributed by atoms with E-state index in [-0.39, 0.29) is 19.7 Å². The van der Waals surface area contributed by atoms with Crippen LogP contribution in [0.1, 0.15) is 13.3 Å². The van der Waals surface area contributed by atoms with Crippen molar-refractivity contribution in [1.82, 2.24) is 10.2 Å². The summed E-state index contributed by atoms with van der Waals surface area (Å²) in [4.78, 5) is 23.1. The van der Waals surface area contributed by atoms with Gasteiger partial charge in [-0.25, -0.2) is 9.59 Å². The summed E-state index contributed by atoms with van der Waals surface area (Å²) in [6.45, 7) is 2.02. The normalized spacial score (nSPS) is 11.9. The van der Waals surface area contributed by atoms with Crippen molar-refractivity contribution in [2.24, 2.45) is 0 Å². The van der Waals surface area contributed by atoms with Crippen molar-refractivity contribution in [3.8, 4) is 0 Å². The molecular formula is C9H18N2O5. The molecule has 2 amide bonds. The Morgan fingerprint density at radius 3 is 2.44 bits per heavy atom. The van der Waals surface area contributed by atoms with Gasteiger partial charge in [-0.2, -0.15) is 0 Å². The van der Waals surface area contributed by atoms with Crippen molar-refractivity contribution in [2.75, 3.05) is 26.2 Å². The summed E-state index contributed by atoms with van der Waals surface area (Å²) in [5.41, 5.74) is 0. The number of carbonyl (C=O) groups excluding carboxylic acids is 1. The summed E-state index contributed by atoms with van der Waals surface area (Å²) < 4.78 is 0. The van der Waals surface area contributed by atoms with Crippen LogP contribution in [0.25, 0.3) is 0 Å². The van der Waals surface area contributed by atoms with E-state index in [0.717, 1.165) is 6.42 Å². The van der Waals surface area contributed by atoms with Gasteiger partial charge >= 0.3 is 12.0 Å². The van der Waals surface area contributed by atoms with E-state index in [0.29, 0.717) is 6.54 Å². The van der Waals surface area contributed by atoms with Crippen molar-refractivity contribution < 1.29 is 24.9 Å². The van der Waals surface area contributed by atoms with Crippen molar-refractivity contribution in [3.63, 3.8) is 0 Å². The lowest BCUT2D eigenvalue weighted by Gasteiger charge is -2.21. The molecule has 0 aliphatic carbocycles. The van der Waals surface area contributed by atoms with Gasteiger partial charge in [-0.05, 0) is 6.42 Å². The van der Waals surface area contributed by atoms with Crippen LogP contribution in [0.15, 0.2) is 0 Å². The number of aliphatic hydroxyl groups is 2. The maximum atomic E-state index is 11.4. The number of nitrogens with zero attached hydrogens (tertiary/aromatic N) is 1. The van der Waals surface area contributed by atoms with Gasteiger partial charge in [-0.15, -0.1) is 0 Å². The average Bonchev–Trinajstić information content (AvgIpc) is 2.24. The van der Waals surface area contributed by atoms with Crippen molar-refractivity contribution in [3.05, 3.63) is 0 Å². The highest BCUT2D eigenvalue weighted by Gasteiger charge is 2.16. The number of carboxylic acids is 1. The fraction of sp³-hybridized carbons (Fsp3) is 0.778. The van der Waals surface area contributed by atoms with Crippen LogP contribution in [0.4, 0.5) is 4.79 Å². The number of amides is 2. The van der Waals surface area contributed by atoms with E-state index in [1.165, 1.54) is 4.90 Å². The summed E-state index contributed by atoms with van der Waals surface area (Å²) in [7, 11) is 0. The highest BCUT2D eigenvalue weighted by atomic mass is 16.4. The summed E-state index contributed by atoms with van der Waals surface area (Å²) in [6, 6.07) is -0.490. The van der Waals surface area contributed by atoms with Crippen LogP contribution in [0.5, 0.6) is 0 Å². The molecule has 0 aromatic rings. The summed E-state index contributed by atoms with van der Waals surface area (Å²) in [6.07, 6.45) is -0.879. The second kappa shape index (κ2) is 7.89. The lowest BCUT2D eigenvalue weighted by molar-refractivity contribution is -0.146. The van der Waals surface area contributed by atoms with Crippen LogP contribution >= 0.6 is 0 Å². The number of urea groups is 1. The first kappa shape index (κ1) is 14.7. The lowest BCUT2D eigenvalue weighted by atomic mass is 10.3. The fourth-order valence-corrected chi connectivity index (χ4v) is 1.09. The zero-order valence-corrected chi connectivity index (χ0v) is 9.22. The molecular weight excluding hydrogens is 216 g/mol. The number of hydrogen-bond donors (Lipinski definition) is 4. The third-order valence-electron chi connectivity index (χ3n) is 1.88. The predicted molar refractivity (Wildman–Crippen MR) is 56.0 cm³/mol. The van der Waals surface area contributed by atoms with Crippen molar-refractivity contribution >= 4 is 12.0 Å². The average molecular weight is 234 g/mol. The summed E-state index contributed by atoms with van der Waals surface area (Å²) >= 11 is 0. The minimum Gasteiger partial charge on any atom is -0.479 e. The number of carbonyl (C=O) groups is 2. The van der Waals surface area contributed by atoms with E-state index in [2.05, 4.69) is 5.32 Å². The molecule has 1 atom stereocenters. The molecule has 0 aliphatic rings. The first-order chi connectivity index (χ1) is 7.52. The summed E-state index contributed by atoms with van der Waals surface area (Å²) in [5, 5.41) is 28.3. The van der Waals surface area contributed by atoms with Crippen LogP contribution in [-0.4, -0.2) is 64.6 Å². The second-order valence-corrected chi connectivity index (χ2v) is 3.25. The second-order valence-electron chi connectivity index (χ2n) is 3.25. The molecule has 4 N–H and O–H groups in total. The Bertz CT molecular complexity index is 228. The molecule has 7 nitrogen and oxygen atoms in total. The van der Waals surface area contributed by atoms with Gasteiger partial charge in [0.15, 0.2) is 6.10 Å². The van der Waals surface area contributed by atoms with Crippen LogP contribution in [0, 0.1) is 0 Å². The van der Waals surface area contributed by atoms with Crippen LogP contribution in [0.2, 0.25) is 0 Å². The molecule has 0 spiro atoms. The zero-order valence-electron chi connectivity index (χ0n) is 9.22. The van der Waals surface area contributed by atoms with E-state index in [9.17, 15) is 9.59 Å². The maximum Gasteiger partial charge on any atom is 0.334 e. The van der Waals surface area contributed by atoms with Crippen molar-refractivity contribution in [2.45, 2.75) is 19.4 Å². The van der Waals surface area contributed by atoms with Gasteiger partial charge in [0.05, 0.1) is 13.2 Å². The number of hydrogen-bond acceptors (Lipinski definition) is 4.